The van der Waals surface area contributed by atoms with Gasteiger partial charge in [-0.25, -0.2) is 4.79 Å². The first-order valence-electron chi connectivity index (χ1n) is 13.0. The molecule has 3 amide bonds. The SMILES string of the molecule is CCC(C)C(N)C(=O)NC(C(=O)N1CCCC1C(=O)NC(Cc1c[nH]c2ccccc12)C(=O)O)C(C)C. The average molecular weight is 514 g/mol. The van der Waals surface area contributed by atoms with Crippen LogP contribution in [-0.4, -0.2) is 69.4 Å². The van der Waals surface area contributed by atoms with E-state index in [0.29, 0.717) is 19.4 Å². The van der Waals surface area contributed by atoms with Crippen LogP contribution in [0.1, 0.15) is 52.5 Å². The molecule has 10 heteroatoms. The summed E-state index contributed by atoms with van der Waals surface area (Å²) in [4.78, 5) is 56.0. The fourth-order valence-electron chi connectivity index (χ4n) is 4.75. The monoisotopic (exact) mass is 513 g/mol. The molecule has 5 unspecified atom stereocenters. The quantitative estimate of drug-likeness (QED) is 0.308. The van der Waals surface area contributed by atoms with Gasteiger partial charge in [-0.3, -0.25) is 14.4 Å². The molecule has 2 aromatic rings. The minimum absolute atomic E-state index is 0.0432. The molecule has 5 atom stereocenters. The van der Waals surface area contributed by atoms with E-state index in [4.69, 9.17) is 5.73 Å². The van der Waals surface area contributed by atoms with Crippen molar-refractivity contribution >= 4 is 34.6 Å². The van der Waals surface area contributed by atoms with Crippen molar-refractivity contribution in [3.8, 4) is 0 Å². The van der Waals surface area contributed by atoms with Crippen LogP contribution in [-0.2, 0) is 25.6 Å². The van der Waals surface area contributed by atoms with Gasteiger partial charge in [0.25, 0.3) is 0 Å². The van der Waals surface area contributed by atoms with Gasteiger partial charge in [-0.2, -0.15) is 0 Å². The lowest BCUT2D eigenvalue weighted by Crippen LogP contribution is -2.58. The fraction of sp³-hybridized carbons (Fsp3) is 0.556. The van der Waals surface area contributed by atoms with E-state index in [2.05, 4.69) is 15.6 Å². The maximum absolute atomic E-state index is 13.5. The number of aromatic nitrogens is 1. The summed E-state index contributed by atoms with van der Waals surface area (Å²) in [5.41, 5.74) is 7.73. The van der Waals surface area contributed by atoms with Crippen molar-refractivity contribution in [3.05, 3.63) is 36.0 Å². The van der Waals surface area contributed by atoms with Crippen LogP contribution in [0, 0.1) is 11.8 Å². The molecular weight excluding hydrogens is 474 g/mol. The first kappa shape index (κ1) is 28.2. The van der Waals surface area contributed by atoms with Crippen LogP contribution in [0.2, 0.25) is 0 Å². The van der Waals surface area contributed by atoms with Crippen LogP contribution in [0.3, 0.4) is 0 Å². The van der Waals surface area contributed by atoms with E-state index < -0.39 is 42.0 Å². The lowest BCUT2D eigenvalue weighted by Gasteiger charge is -2.32. The molecule has 6 N–H and O–H groups in total. The number of carboxylic acid groups (broad SMARTS) is 1. The van der Waals surface area contributed by atoms with E-state index in [0.717, 1.165) is 22.9 Å². The van der Waals surface area contributed by atoms with E-state index >= 15 is 0 Å². The largest absolute Gasteiger partial charge is 0.480 e. The van der Waals surface area contributed by atoms with Crippen molar-refractivity contribution < 1.29 is 24.3 Å². The molecule has 0 spiro atoms. The molecule has 1 aromatic heterocycles. The number of nitrogens with two attached hydrogens (primary N) is 1. The highest BCUT2D eigenvalue weighted by atomic mass is 16.4. The molecule has 1 aliphatic heterocycles. The third kappa shape index (κ3) is 6.49. The summed E-state index contributed by atoms with van der Waals surface area (Å²) in [5, 5.41) is 16.1. The Morgan fingerprint density at radius 3 is 2.51 bits per heavy atom. The molecule has 1 aromatic carbocycles. The van der Waals surface area contributed by atoms with Gasteiger partial charge in [0, 0.05) is 30.1 Å². The number of carbonyl (C=O) groups excluding carboxylic acids is 3. The summed E-state index contributed by atoms with van der Waals surface area (Å²) in [6, 6.07) is 4.01. The fourth-order valence-corrected chi connectivity index (χ4v) is 4.75. The van der Waals surface area contributed by atoms with E-state index in [1.807, 2.05) is 52.0 Å². The van der Waals surface area contributed by atoms with Crippen LogP contribution >= 0.6 is 0 Å². The van der Waals surface area contributed by atoms with Gasteiger partial charge in [-0.05, 0) is 36.3 Å². The minimum Gasteiger partial charge on any atom is -0.480 e. The van der Waals surface area contributed by atoms with E-state index in [9.17, 15) is 24.3 Å². The number of para-hydroxylation sites is 1. The van der Waals surface area contributed by atoms with E-state index in [-0.39, 0.29) is 24.2 Å². The Bertz CT molecular complexity index is 1130. The van der Waals surface area contributed by atoms with Crippen molar-refractivity contribution in [1.82, 2.24) is 20.5 Å². The average Bonchev–Trinajstić information content (AvgIpc) is 3.52. The molecule has 0 aliphatic carbocycles. The first-order valence-corrected chi connectivity index (χ1v) is 13.0. The van der Waals surface area contributed by atoms with Gasteiger partial charge in [0.2, 0.25) is 17.7 Å². The highest BCUT2D eigenvalue weighted by Crippen LogP contribution is 2.22. The van der Waals surface area contributed by atoms with Gasteiger partial charge in [0.1, 0.15) is 18.1 Å². The highest BCUT2D eigenvalue weighted by Gasteiger charge is 2.40. The van der Waals surface area contributed by atoms with Crippen LogP contribution in [0.5, 0.6) is 0 Å². The van der Waals surface area contributed by atoms with E-state index in [1.165, 1.54) is 4.90 Å². The zero-order valence-electron chi connectivity index (χ0n) is 22.0. The predicted molar refractivity (Wildman–Crippen MR) is 141 cm³/mol. The number of fused-ring (bicyclic) bond motifs is 1. The Hall–Kier alpha value is -3.40. The molecule has 0 bridgehead atoms. The highest BCUT2D eigenvalue weighted by molar-refractivity contribution is 5.95. The maximum atomic E-state index is 13.5. The Balaban J connectivity index is 1.71. The van der Waals surface area contributed by atoms with Crippen LogP contribution in [0.25, 0.3) is 10.9 Å². The Labute approximate surface area is 217 Å². The number of hydrogen-bond acceptors (Lipinski definition) is 5. The molecular formula is C27H39N5O5. The summed E-state index contributed by atoms with van der Waals surface area (Å²) in [6.45, 7) is 7.83. The smallest absolute Gasteiger partial charge is 0.326 e. The number of rotatable bonds is 11. The lowest BCUT2D eigenvalue weighted by molar-refractivity contribution is -0.145. The number of nitrogens with one attached hydrogen (secondary N) is 3. The maximum Gasteiger partial charge on any atom is 0.326 e. The second-order valence-electron chi connectivity index (χ2n) is 10.3. The molecule has 37 heavy (non-hydrogen) atoms. The third-order valence-electron chi connectivity index (χ3n) is 7.34. The van der Waals surface area contributed by atoms with Crippen molar-refractivity contribution in [1.29, 1.82) is 0 Å². The van der Waals surface area contributed by atoms with Crippen LogP contribution < -0.4 is 16.4 Å². The van der Waals surface area contributed by atoms with Gasteiger partial charge in [0.05, 0.1) is 6.04 Å². The van der Waals surface area contributed by atoms with Crippen molar-refractivity contribution in [3.63, 3.8) is 0 Å². The van der Waals surface area contributed by atoms with Crippen molar-refractivity contribution in [2.75, 3.05) is 6.54 Å². The second kappa shape index (κ2) is 12.2. The van der Waals surface area contributed by atoms with Crippen molar-refractivity contribution in [2.45, 2.75) is 77.5 Å². The number of aromatic amines is 1. The van der Waals surface area contributed by atoms with Gasteiger partial charge in [-0.1, -0.05) is 52.3 Å². The molecule has 1 saturated heterocycles. The van der Waals surface area contributed by atoms with Gasteiger partial charge in [0.15, 0.2) is 0 Å². The number of nitrogens with zero attached hydrogens (tertiary/aromatic N) is 1. The Morgan fingerprint density at radius 2 is 1.86 bits per heavy atom. The molecule has 202 valence electrons. The summed E-state index contributed by atoms with van der Waals surface area (Å²) in [6.07, 6.45) is 3.60. The molecule has 0 radical (unpaired) electrons. The topological polar surface area (TPSA) is 158 Å². The van der Waals surface area contributed by atoms with Crippen molar-refractivity contribution in [2.24, 2.45) is 17.6 Å². The number of carbonyl (C=O) groups is 4. The molecule has 1 fully saturated rings. The number of benzene rings is 1. The summed E-state index contributed by atoms with van der Waals surface area (Å²) < 4.78 is 0. The summed E-state index contributed by atoms with van der Waals surface area (Å²) >= 11 is 0. The van der Waals surface area contributed by atoms with Gasteiger partial charge < -0.3 is 31.4 Å². The number of likely N-dealkylation sites (tertiary alicyclic amines) is 1. The van der Waals surface area contributed by atoms with E-state index in [1.54, 1.807) is 6.20 Å². The normalized spacial score (nSPS) is 18.9. The minimum atomic E-state index is -1.15. The summed E-state index contributed by atoms with van der Waals surface area (Å²) in [7, 11) is 0. The lowest BCUT2D eigenvalue weighted by atomic mass is 9.97. The standard InChI is InChI=1S/C27H39N5O5/c1-5-16(4)22(28)25(34)31-23(15(2)3)26(35)32-12-8-11-21(32)24(33)30-20(27(36)37)13-17-14-29-19-10-7-6-9-18(17)19/h6-7,9-10,14-16,20-23,29H,5,8,11-13,28H2,1-4H3,(H,30,33)(H,31,34)(H,36,37). The summed E-state index contributed by atoms with van der Waals surface area (Å²) in [5.74, 6) is -2.69. The molecule has 10 nitrogen and oxygen atoms in total. The van der Waals surface area contributed by atoms with Gasteiger partial charge in [-0.15, -0.1) is 0 Å². The van der Waals surface area contributed by atoms with Crippen LogP contribution in [0.15, 0.2) is 30.5 Å². The molecule has 3 rings (SSSR count). The van der Waals surface area contributed by atoms with Crippen LogP contribution in [0.4, 0.5) is 0 Å². The van der Waals surface area contributed by atoms with Gasteiger partial charge >= 0.3 is 5.97 Å². The number of amides is 3. The molecule has 0 saturated carbocycles. The Kier molecular flexibility index (Phi) is 9.31. The first-order chi connectivity index (χ1) is 17.5. The number of aliphatic carboxylic acids is 1. The molecule has 1 aliphatic rings. The predicted octanol–water partition coefficient (Wildman–Crippen LogP) is 1.79. The zero-order chi connectivity index (χ0) is 27.3. The second-order valence-corrected chi connectivity index (χ2v) is 10.3. The number of H-pyrrole nitrogens is 1. The zero-order valence-corrected chi connectivity index (χ0v) is 22.0. The molecule has 2 heterocycles. The third-order valence-corrected chi connectivity index (χ3v) is 7.34. The number of hydrogen-bond donors (Lipinski definition) is 5. The number of carboxylic acids is 1. The Morgan fingerprint density at radius 1 is 1.16 bits per heavy atom.